The molecular weight excluding hydrogens is 207 g/mol. The summed E-state index contributed by atoms with van der Waals surface area (Å²) >= 11 is 0. The topological polar surface area (TPSA) is 49.5 Å². The Morgan fingerprint density at radius 2 is 2.00 bits per heavy atom. The highest BCUT2D eigenvalue weighted by Gasteiger charge is 2.17. The zero-order valence-electron chi connectivity index (χ0n) is 9.19. The van der Waals surface area contributed by atoms with Gasteiger partial charge in [0, 0.05) is 25.3 Å². The molecule has 1 saturated heterocycles. The van der Waals surface area contributed by atoms with E-state index in [4.69, 9.17) is 5.73 Å². The molecule has 0 aromatic heterocycles. The third-order valence-corrected chi connectivity index (χ3v) is 2.94. The van der Waals surface area contributed by atoms with Gasteiger partial charge < -0.3 is 10.8 Å². The van der Waals surface area contributed by atoms with Gasteiger partial charge in [-0.3, -0.25) is 4.90 Å². The summed E-state index contributed by atoms with van der Waals surface area (Å²) < 4.78 is 13.1. The maximum Gasteiger partial charge on any atom is 0.125 e. The minimum absolute atomic E-state index is 0.172. The third-order valence-electron chi connectivity index (χ3n) is 2.94. The van der Waals surface area contributed by atoms with Crippen LogP contribution in [0.3, 0.4) is 0 Å². The highest BCUT2D eigenvalue weighted by atomic mass is 19.1. The molecule has 0 saturated carbocycles. The molecule has 1 fully saturated rings. The number of hydrogen-bond acceptors (Lipinski definition) is 3. The number of benzene rings is 1. The summed E-state index contributed by atoms with van der Waals surface area (Å²) in [5.74, 6) is -0.285. The zero-order valence-corrected chi connectivity index (χ0v) is 9.19. The van der Waals surface area contributed by atoms with E-state index in [9.17, 15) is 9.50 Å². The van der Waals surface area contributed by atoms with Crippen molar-refractivity contribution in [2.24, 2.45) is 0 Å². The second-order valence-electron chi connectivity index (χ2n) is 4.40. The van der Waals surface area contributed by atoms with E-state index in [-0.39, 0.29) is 11.9 Å². The van der Waals surface area contributed by atoms with Crippen LogP contribution in [-0.2, 0) is 6.54 Å². The fraction of sp³-hybridized carbons (Fsp3) is 0.500. The summed E-state index contributed by atoms with van der Waals surface area (Å²) in [5.41, 5.74) is 6.95. The van der Waals surface area contributed by atoms with Crippen LogP contribution >= 0.6 is 0 Å². The molecule has 1 heterocycles. The molecule has 0 unspecified atom stereocenters. The zero-order chi connectivity index (χ0) is 11.5. The molecule has 1 aromatic carbocycles. The number of nitrogens with zero attached hydrogens (tertiary/aromatic N) is 1. The number of likely N-dealkylation sites (tertiary alicyclic amines) is 1. The molecule has 0 amide bonds. The molecule has 0 atom stereocenters. The first-order valence-corrected chi connectivity index (χ1v) is 5.59. The minimum Gasteiger partial charge on any atom is -0.399 e. The summed E-state index contributed by atoms with van der Waals surface area (Å²) in [5, 5.41) is 9.37. The Labute approximate surface area is 94.7 Å². The molecular formula is C12H17FN2O. The smallest absolute Gasteiger partial charge is 0.125 e. The van der Waals surface area contributed by atoms with Crippen molar-refractivity contribution in [1.82, 2.24) is 4.90 Å². The Morgan fingerprint density at radius 3 is 2.62 bits per heavy atom. The van der Waals surface area contributed by atoms with Gasteiger partial charge in [0.25, 0.3) is 0 Å². The normalized spacial score (nSPS) is 18.9. The number of anilines is 1. The van der Waals surface area contributed by atoms with Crippen LogP contribution in [0.5, 0.6) is 0 Å². The van der Waals surface area contributed by atoms with Crippen molar-refractivity contribution in [3.05, 3.63) is 29.6 Å². The van der Waals surface area contributed by atoms with Gasteiger partial charge in [0.05, 0.1) is 6.10 Å². The van der Waals surface area contributed by atoms with Crippen LogP contribution in [-0.4, -0.2) is 29.2 Å². The quantitative estimate of drug-likeness (QED) is 0.746. The molecule has 0 radical (unpaired) electrons. The van der Waals surface area contributed by atoms with E-state index in [0.29, 0.717) is 12.2 Å². The Balaban J connectivity index is 1.98. The Kier molecular flexibility index (Phi) is 3.41. The van der Waals surface area contributed by atoms with Gasteiger partial charge in [-0.1, -0.05) is 0 Å². The molecule has 1 aliphatic rings. The van der Waals surface area contributed by atoms with Crippen LogP contribution in [0.15, 0.2) is 18.2 Å². The summed E-state index contributed by atoms with van der Waals surface area (Å²) in [6.07, 6.45) is 1.42. The molecule has 16 heavy (non-hydrogen) atoms. The van der Waals surface area contributed by atoms with Gasteiger partial charge in [0.1, 0.15) is 5.82 Å². The van der Waals surface area contributed by atoms with E-state index >= 15 is 0 Å². The number of nitrogen functional groups attached to an aromatic ring is 1. The van der Waals surface area contributed by atoms with Crippen LogP contribution in [0.2, 0.25) is 0 Å². The van der Waals surface area contributed by atoms with Crippen molar-refractivity contribution < 1.29 is 9.50 Å². The lowest BCUT2D eigenvalue weighted by atomic mass is 10.1. The predicted molar refractivity (Wildman–Crippen MR) is 61.3 cm³/mol. The van der Waals surface area contributed by atoms with Crippen molar-refractivity contribution in [2.75, 3.05) is 18.8 Å². The van der Waals surface area contributed by atoms with E-state index in [1.807, 2.05) is 0 Å². The lowest BCUT2D eigenvalue weighted by Crippen LogP contribution is -2.35. The van der Waals surface area contributed by atoms with Gasteiger partial charge in [-0.2, -0.15) is 0 Å². The highest BCUT2D eigenvalue weighted by Crippen LogP contribution is 2.16. The van der Waals surface area contributed by atoms with Crippen LogP contribution < -0.4 is 5.73 Å². The first-order chi connectivity index (χ1) is 7.63. The Bertz CT molecular complexity index is 342. The van der Waals surface area contributed by atoms with Crippen molar-refractivity contribution in [3.63, 3.8) is 0 Å². The van der Waals surface area contributed by atoms with Gasteiger partial charge in [0.2, 0.25) is 0 Å². The fourth-order valence-corrected chi connectivity index (χ4v) is 2.10. The Morgan fingerprint density at radius 1 is 1.31 bits per heavy atom. The maximum atomic E-state index is 13.1. The van der Waals surface area contributed by atoms with Crippen LogP contribution in [0, 0.1) is 5.82 Å². The van der Waals surface area contributed by atoms with Crippen molar-refractivity contribution in [1.29, 1.82) is 0 Å². The van der Waals surface area contributed by atoms with Crippen molar-refractivity contribution in [2.45, 2.75) is 25.5 Å². The predicted octanol–water partition coefficient (Wildman–Crippen LogP) is 1.36. The molecule has 0 spiro atoms. The molecule has 2 rings (SSSR count). The first-order valence-electron chi connectivity index (χ1n) is 5.59. The number of halogens is 1. The summed E-state index contributed by atoms with van der Waals surface area (Å²) in [6, 6.07) is 4.64. The average molecular weight is 224 g/mol. The molecule has 4 heteroatoms. The third kappa shape index (κ3) is 2.93. The lowest BCUT2D eigenvalue weighted by Gasteiger charge is -2.29. The molecule has 0 aliphatic carbocycles. The number of aliphatic hydroxyl groups excluding tert-OH is 1. The lowest BCUT2D eigenvalue weighted by molar-refractivity contribution is 0.0792. The number of rotatable bonds is 2. The summed E-state index contributed by atoms with van der Waals surface area (Å²) in [4.78, 5) is 2.21. The van der Waals surface area contributed by atoms with E-state index in [1.165, 1.54) is 12.1 Å². The fourth-order valence-electron chi connectivity index (χ4n) is 2.10. The van der Waals surface area contributed by atoms with Crippen LogP contribution in [0.25, 0.3) is 0 Å². The minimum atomic E-state index is -0.285. The van der Waals surface area contributed by atoms with Gasteiger partial charge in [-0.25, -0.2) is 4.39 Å². The number of piperidine rings is 1. The van der Waals surface area contributed by atoms with E-state index in [1.54, 1.807) is 6.07 Å². The molecule has 1 aromatic rings. The maximum absolute atomic E-state index is 13.1. The van der Waals surface area contributed by atoms with Crippen LogP contribution in [0.4, 0.5) is 10.1 Å². The van der Waals surface area contributed by atoms with Gasteiger partial charge in [-0.05, 0) is 36.6 Å². The second kappa shape index (κ2) is 4.80. The van der Waals surface area contributed by atoms with E-state index in [2.05, 4.69) is 4.90 Å². The van der Waals surface area contributed by atoms with Crippen molar-refractivity contribution in [3.8, 4) is 0 Å². The van der Waals surface area contributed by atoms with E-state index in [0.717, 1.165) is 31.5 Å². The molecule has 1 aliphatic heterocycles. The number of nitrogens with two attached hydrogens (primary N) is 1. The first kappa shape index (κ1) is 11.4. The number of hydrogen-bond donors (Lipinski definition) is 2. The molecule has 88 valence electrons. The molecule has 3 nitrogen and oxygen atoms in total. The highest BCUT2D eigenvalue weighted by molar-refractivity contribution is 5.41. The SMILES string of the molecule is Nc1cc(F)cc(CN2CCC(O)CC2)c1. The van der Waals surface area contributed by atoms with Crippen molar-refractivity contribution >= 4 is 5.69 Å². The van der Waals surface area contributed by atoms with Gasteiger partial charge in [0.15, 0.2) is 0 Å². The largest absolute Gasteiger partial charge is 0.399 e. The van der Waals surface area contributed by atoms with Crippen LogP contribution in [0.1, 0.15) is 18.4 Å². The standard InChI is InChI=1S/C12H17FN2O/c13-10-5-9(6-11(14)7-10)8-15-3-1-12(16)2-4-15/h5-7,12,16H,1-4,8,14H2. The molecule has 3 N–H and O–H groups in total. The summed E-state index contributed by atoms with van der Waals surface area (Å²) in [6.45, 7) is 2.42. The summed E-state index contributed by atoms with van der Waals surface area (Å²) in [7, 11) is 0. The molecule has 0 bridgehead atoms. The second-order valence-corrected chi connectivity index (χ2v) is 4.40. The van der Waals surface area contributed by atoms with E-state index < -0.39 is 0 Å². The monoisotopic (exact) mass is 224 g/mol. The van der Waals surface area contributed by atoms with Gasteiger partial charge >= 0.3 is 0 Å². The number of aliphatic hydroxyl groups is 1. The van der Waals surface area contributed by atoms with Gasteiger partial charge in [-0.15, -0.1) is 0 Å². The average Bonchev–Trinajstić information content (AvgIpc) is 2.20. The Hall–Kier alpha value is -1.13.